The van der Waals surface area contributed by atoms with Crippen molar-refractivity contribution in [3.8, 4) is 0 Å². The van der Waals surface area contributed by atoms with Crippen LogP contribution in [0.1, 0.15) is 5.76 Å². The number of anilines is 1. The van der Waals surface area contributed by atoms with E-state index in [1.54, 1.807) is 27.7 Å². The van der Waals surface area contributed by atoms with E-state index in [9.17, 15) is 4.79 Å². The maximum atomic E-state index is 12.5. The van der Waals surface area contributed by atoms with E-state index in [4.69, 9.17) is 9.25 Å². The first-order valence-electron chi connectivity index (χ1n) is 8.01. The van der Waals surface area contributed by atoms with Crippen molar-refractivity contribution in [3.05, 3.63) is 60.8 Å². The second-order valence-electron chi connectivity index (χ2n) is 5.54. The highest BCUT2D eigenvalue weighted by Gasteiger charge is 2.18. The number of rotatable bonds is 6. The highest BCUT2D eigenvalue weighted by atomic mass is 16.6. The van der Waals surface area contributed by atoms with E-state index in [0.29, 0.717) is 18.1 Å². The number of furan rings is 1. The predicted molar refractivity (Wildman–Crippen MR) is 96.0 cm³/mol. The van der Waals surface area contributed by atoms with E-state index in [0.717, 1.165) is 11.0 Å². The minimum Gasteiger partial charge on any atom is -0.462 e. The van der Waals surface area contributed by atoms with E-state index in [1.807, 2.05) is 24.3 Å². The summed E-state index contributed by atoms with van der Waals surface area (Å²) in [6.45, 7) is 0.355. The summed E-state index contributed by atoms with van der Waals surface area (Å²) in [5.41, 5.74) is 2.22. The molecule has 1 N–H and O–H groups in total. The lowest BCUT2D eigenvalue weighted by molar-refractivity contribution is -0.110. The van der Waals surface area contributed by atoms with Crippen LogP contribution in [0.3, 0.4) is 0 Å². The lowest BCUT2D eigenvalue weighted by Crippen LogP contribution is -2.23. The average Bonchev–Trinajstić information content (AvgIpc) is 3.42. The molecule has 136 valence electrons. The van der Waals surface area contributed by atoms with Crippen LogP contribution in [0.5, 0.6) is 0 Å². The minimum absolute atomic E-state index is 0.0255. The number of carbonyl (C=O) groups excluding carboxylic acids is 1. The highest BCUT2D eigenvalue weighted by molar-refractivity contribution is 6.48. The Kier molecular flexibility index (Phi) is 4.35. The van der Waals surface area contributed by atoms with E-state index in [2.05, 4.69) is 25.9 Å². The van der Waals surface area contributed by atoms with Crippen LogP contribution in [-0.2, 0) is 16.3 Å². The van der Waals surface area contributed by atoms with Crippen LogP contribution < -0.4 is 5.32 Å². The Bertz CT molecular complexity index is 1090. The van der Waals surface area contributed by atoms with Gasteiger partial charge < -0.3 is 14.6 Å². The Balaban J connectivity index is 1.49. The van der Waals surface area contributed by atoms with Gasteiger partial charge in [-0.15, -0.1) is 5.10 Å². The van der Waals surface area contributed by atoms with E-state index in [-0.39, 0.29) is 5.71 Å². The molecule has 0 aliphatic carbocycles. The third kappa shape index (κ3) is 3.40. The third-order valence-electron chi connectivity index (χ3n) is 3.74. The molecule has 0 atom stereocenters. The Morgan fingerprint density at radius 3 is 3.00 bits per heavy atom. The first-order valence-corrected chi connectivity index (χ1v) is 8.01. The molecule has 0 aliphatic rings. The molecule has 0 aliphatic heterocycles. The van der Waals surface area contributed by atoms with E-state index < -0.39 is 5.91 Å². The number of fused-ring (bicyclic) bond motifs is 1. The summed E-state index contributed by atoms with van der Waals surface area (Å²) >= 11 is 0. The van der Waals surface area contributed by atoms with Crippen LogP contribution in [0.4, 0.5) is 5.69 Å². The number of carbonyl (C=O) groups is 1. The zero-order chi connectivity index (χ0) is 18.6. The number of aromatic nitrogens is 5. The molecule has 0 radical (unpaired) electrons. The first-order chi connectivity index (χ1) is 13.2. The number of amides is 1. The van der Waals surface area contributed by atoms with Crippen molar-refractivity contribution in [2.45, 2.75) is 6.67 Å². The molecule has 27 heavy (non-hydrogen) atoms. The molecule has 1 aromatic carbocycles. The smallest absolute Gasteiger partial charge is 0.281 e. The molecule has 0 bridgehead atoms. The van der Waals surface area contributed by atoms with Gasteiger partial charge in [0.25, 0.3) is 5.91 Å². The average molecular weight is 365 g/mol. The summed E-state index contributed by atoms with van der Waals surface area (Å²) < 4.78 is 8.56. The fourth-order valence-electron chi connectivity index (χ4n) is 2.56. The quantitative estimate of drug-likeness (QED) is 0.411. The number of hydrogen-bond acceptors (Lipinski definition) is 7. The lowest BCUT2D eigenvalue weighted by Gasteiger charge is -2.04. The monoisotopic (exact) mass is 365 g/mol. The Morgan fingerprint density at radius 1 is 1.30 bits per heavy atom. The Hall–Kier alpha value is -3.95. The van der Waals surface area contributed by atoms with Crippen molar-refractivity contribution in [1.82, 2.24) is 24.8 Å². The second kappa shape index (κ2) is 7.12. The van der Waals surface area contributed by atoms with Crippen LogP contribution in [0.2, 0.25) is 0 Å². The fraction of sp³-hybridized carbons (Fsp3) is 0.118. The molecule has 0 fully saturated rings. The number of nitrogens with zero attached hydrogens (tertiary/aromatic N) is 6. The van der Waals surface area contributed by atoms with E-state index >= 15 is 0 Å². The van der Waals surface area contributed by atoms with Crippen molar-refractivity contribution in [1.29, 1.82) is 0 Å². The summed E-state index contributed by atoms with van der Waals surface area (Å²) in [7, 11) is 1.36. The lowest BCUT2D eigenvalue weighted by atomic mass is 10.2. The summed E-state index contributed by atoms with van der Waals surface area (Å²) in [6, 6.07) is 10.9. The van der Waals surface area contributed by atoms with E-state index in [1.165, 1.54) is 19.6 Å². The van der Waals surface area contributed by atoms with Gasteiger partial charge in [-0.2, -0.15) is 5.10 Å². The normalized spacial score (nSPS) is 11.7. The third-order valence-corrected chi connectivity index (χ3v) is 3.74. The number of hydrogen-bond donors (Lipinski definition) is 1. The molecule has 10 nitrogen and oxygen atoms in total. The fourth-order valence-corrected chi connectivity index (χ4v) is 2.56. The zero-order valence-electron chi connectivity index (χ0n) is 14.3. The molecular weight excluding hydrogens is 350 g/mol. The number of nitrogens with one attached hydrogen (secondary N) is 1. The topological polar surface area (TPSA) is 112 Å². The first kappa shape index (κ1) is 16.5. The molecular formula is C17H15N7O3. The van der Waals surface area contributed by atoms with Gasteiger partial charge in [-0.1, -0.05) is 22.5 Å². The molecule has 4 aromatic rings. The summed E-state index contributed by atoms with van der Waals surface area (Å²) in [4.78, 5) is 17.2. The van der Waals surface area contributed by atoms with Crippen molar-refractivity contribution in [3.63, 3.8) is 0 Å². The molecule has 10 heteroatoms. The van der Waals surface area contributed by atoms with Crippen LogP contribution >= 0.6 is 0 Å². The predicted octanol–water partition coefficient (Wildman–Crippen LogP) is 1.72. The SMILES string of the molecule is CON=C(C(=O)Nc1cnn(Cn2nnc3ccccc32)c1)c1ccco1. The van der Waals surface area contributed by atoms with Gasteiger partial charge in [-0.3, -0.25) is 4.79 Å². The molecule has 3 heterocycles. The van der Waals surface area contributed by atoms with Gasteiger partial charge in [-0.05, 0) is 24.3 Å². The number of benzene rings is 1. The van der Waals surface area contributed by atoms with Gasteiger partial charge in [-0.25, -0.2) is 9.36 Å². The van der Waals surface area contributed by atoms with Crippen molar-refractivity contribution >= 4 is 28.3 Å². The largest absolute Gasteiger partial charge is 0.462 e. The van der Waals surface area contributed by atoms with Crippen LogP contribution in [0.25, 0.3) is 11.0 Å². The van der Waals surface area contributed by atoms with Crippen LogP contribution in [0, 0.1) is 0 Å². The molecule has 0 saturated heterocycles. The number of oxime groups is 1. The summed E-state index contributed by atoms with van der Waals surface area (Å²) in [6.07, 6.45) is 4.67. The molecule has 0 spiro atoms. The molecule has 4 rings (SSSR count). The van der Waals surface area contributed by atoms with Gasteiger partial charge in [0.2, 0.25) is 5.71 Å². The van der Waals surface area contributed by atoms with Gasteiger partial charge in [0, 0.05) is 0 Å². The van der Waals surface area contributed by atoms with Crippen molar-refractivity contribution in [2.24, 2.45) is 5.16 Å². The van der Waals surface area contributed by atoms with Crippen LogP contribution in [0.15, 0.2) is 64.6 Å². The summed E-state index contributed by atoms with van der Waals surface area (Å²) in [5, 5.41) is 18.9. The molecule has 0 saturated carbocycles. The molecule has 3 aromatic heterocycles. The van der Waals surface area contributed by atoms with Gasteiger partial charge in [0.05, 0.1) is 29.9 Å². The van der Waals surface area contributed by atoms with Crippen LogP contribution in [-0.4, -0.2) is 43.5 Å². The standard InChI is InChI=1S/C17H15N7O3/c1-26-21-16(15-7-4-8-27-15)17(25)19-12-9-18-23(10-12)11-24-14-6-3-2-5-13(14)20-22-24/h2-10H,11H2,1H3,(H,19,25). The van der Waals surface area contributed by atoms with Gasteiger partial charge in [0.1, 0.15) is 19.3 Å². The van der Waals surface area contributed by atoms with Gasteiger partial charge >= 0.3 is 0 Å². The van der Waals surface area contributed by atoms with Crippen molar-refractivity contribution in [2.75, 3.05) is 12.4 Å². The molecule has 1 amide bonds. The van der Waals surface area contributed by atoms with Crippen molar-refractivity contribution < 1.29 is 14.0 Å². The molecule has 0 unspecified atom stereocenters. The Morgan fingerprint density at radius 2 is 2.19 bits per heavy atom. The Labute approximate surface area is 153 Å². The maximum Gasteiger partial charge on any atom is 0.281 e. The second-order valence-corrected chi connectivity index (χ2v) is 5.54. The highest BCUT2D eigenvalue weighted by Crippen LogP contribution is 2.12. The van der Waals surface area contributed by atoms with Gasteiger partial charge in [0.15, 0.2) is 5.76 Å². The number of para-hydroxylation sites is 1. The maximum absolute atomic E-state index is 12.5. The zero-order valence-corrected chi connectivity index (χ0v) is 14.3. The minimum atomic E-state index is -0.474. The summed E-state index contributed by atoms with van der Waals surface area (Å²) in [5.74, 6) is -0.173.